The zero-order chi connectivity index (χ0) is 13.1. The van der Waals surface area contributed by atoms with Crippen LogP contribution in [0, 0.1) is 5.92 Å². The van der Waals surface area contributed by atoms with Gasteiger partial charge in [0.05, 0.1) is 0 Å². The minimum absolute atomic E-state index is 0.475. The highest BCUT2D eigenvalue weighted by molar-refractivity contribution is 6.29. The first-order chi connectivity index (χ1) is 9.31. The van der Waals surface area contributed by atoms with Crippen LogP contribution >= 0.6 is 11.6 Å². The summed E-state index contributed by atoms with van der Waals surface area (Å²) in [6.07, 6.45) is 3.96. The molecule has 1 heterocycles. The molecule has 98 valence electrons. The Bertz CT molecular complexity index is 553. The van der Waals surface area contributed by atoms with Crippen molar-refractivity contribution >= 4 is 17.4 Å². The quantitative estimate of drug-likeness (QED) is 0.837. The highest BCUT2D eigenvalue weighted by Crippen LogP contribution is 2.32. The lowest BCUT2D eigenvalue weighted by Crippen LogP contribution is -2.05. The van der Waals surface area contributed by atoms with E-state index in [4.69, 9.17) is 11.6 Å². The molecule has 0 atom stereocenters. The van der Waals surface area contributed by atoms with Crippen LogP contribution in [0.25, 0.3) is 11.4 Å². The number of hydrogen-bond acceptors (Lipinski definition) is 3. The third kappa shape index (κ3) is 3.44. The van der Waals surface area contributed by atoms with Crippen LogP contribution in [0.1, 0.15) is 19.3 Å². The summed E-state index contributed by atoms with van der Waals surface area (Å²) in [5.74, 6) is 2.39. The maximum absolute atomic E-state index is 6.06. The Hall–Kier alpha value is -1.61. The summed E-state index contributed by atoms with van der Waals surface area (Å²) in [5, 5.41) is 3.81. The lowest BCUT2D eigenvalue weighted by atomic mass is 10.2. The Morgan fingerprint density at radius 2 is 1.95 bits per heavy atom. The molecule has 1 saturated carbocycles. The second kappa shape index (κ2) is 5.57. The first-order valence-electron chi connectivity index (χ1n) is 6.65. The van der Waals surface area contributed by atoms with Crippen molar-refractivity contribution in [3.05, 3.63) is 41.6 Å². The molecule has 4 heteroatoms. The first-order valence-corrected chi connectivity index (χ1v) is 7.03. The van der Waals surface area contributed by atoms with E-state index < -0.39 is 0 Å². The average molecular weight is 274 g/mol. The Morgan fingerprint density at radius 3 is 2.68 bits per heavy atom. The van der Waals surface area contributed by atoms with E-state index >= 15 is 0 Å². The fourth-order valence-electron chi connectivity index (χ4n) is 2.04. The van der Waals surface area contributed by atoms with Crippen LogP contribution in [0.2, 0.25) is 5.15 Å². The lowest BCUT2D eigenvalue weighted by molar-refractivity contribution is 0.758. The molecule has 3 nitrogen and oxygen atoms in total. The maximum atomic E-state index is 6.06. The smallest absolute Gasteiger partial charge is 0.163 e. The molecule has 19 heavy (non-hydrogen) atoms. The predicted molar refractivity (Wildman–Crippen MR) is 78.3 cm³/mol. The van der Waals surface area contributed by atoms with Gasteiger partial charge in [0.25, 0.3) is 0 Å². The molecule has 2 aromatic rings. The zero-order valence-electron chi connectivity index (χ0n) is 10.6. The number of nitrogens with zero attached hydrogens (tertiary/aromatic N) is 2. The van der Waals surface area contributed by atoms with Gasteiger partial charge in [-0.1, -0.05) is 54.8 Å². The molecule has 0 unspecified atom stereocenters. The molecule has 0 amide bonds. The van der Waals surface area contributed by atoms with Gasteiger partial charge in [-0.2, -0.15) is 0 Å². The lowest BCUT2D eigenvalue weighted by Gasteiger charge is -2.07. The average Bonchev–Trinajstić information content (AvgIpc) is 3.23. The van der Waals surface area contributed by atoms with Crippen molar-refractivity contribution in [1.82, 2.24) is 9.97 Å². The molecule has 0 saturated heterocycles. The summed E-state index contributed by atoms with van der Waals surface area (Å²) in [6.45, 7) is 0.951. The number of benzene rings is 1. The first kappa shape index (κ1) is 12.4. The molecule has 1 fully saturated rings. The van der Waals surface area contributed by atoms with Crippen LogP contribution in [-0.4, -0.2) is 16.5 Å². The highest BCUT2D eigenvalue weighted by atomic mass is 35.5. The number of hydrogen-bond donors (Lipinski definition) is 1. The van der Waals surface area contributed by atoms with Crippen LogP contribution in [0.3, 0.4) is 0 Å². The summed E-state index contributed by atoms with van der Waals surface area (Å²) in [6, 6.07) is 11.7. The van der Waals surface area contributed by atoms with Gasteiger partial charge in [0, 0.05) is 18.2 Å². The van der Waals surface area contributed by atoms with Gasteiger partial charge in [0.2, 0.25) is 0 Å². The van der Waals surface area contributed by atoms with E-state index in [0.29, 0.717) is 11.0 Å². The van der Waals surface area contributed by atoms with E-state index in [9.17, 15) is 0 Å². The van der Waals surface area contributed by atoms with Crippen molar-refractivity contribution < 1.29 is 0 Å². The molecular weight excluding hydrogens is 258 g/mol. The SMILES string of the molecule is Clc1cc(NCCC2CC2)nc(-c2ccccc2)n1. The Labute approximate surface area is 118 Å². The van der Waals surface area contributed by atoms with Gasteiger partial charge in [0.15, 0.2) is 5.82 Å². The predicted octanol–water partition coefficient (Wildman–Crippen LogP) is 4.01. The van der Waals surface area contributed by atoms with Gasteiger partial charge in [-0.05, 0) is 12.3 Å². The van der Waals surface area contributed by atoms with E-state index in [2.05, 4.69) is 15.3 Å². The number of anilines is 1. The minimum atomic E-state index is 0.475. The fraction of sp³-hybridized carbons (Fsp3) is 0.333. The number of nitrogens with one attached hydrogen (secondary N) is 1. The van der Waals surface area contributed by atoms with Gasteiger partial charge in [-0.25, -0.2) is 9.97 Å². The van der Waals surface area contributed by atoms with Crippen molar-refractivity contribution in [2.45, 2.75) is 19.3 Å². The second-order valence-corrected chi connectivity index (χ2v) is 5.31. The molecule has 1 N–H and O–H groups in total. The molecule has 1 aromatic carbocycles. The molecule has 0 bridgehead atoms. The van der Waals surface area contributed by atoms with E-state index in [-0.39, 0.29) is 0 Å². The van der Waals surface area contributed by atoms with Crippen LogP contribution in [0.5, 0.6) is 0 Å². The van der Waals surface area contributed by atoms with Crippen LogP contribution in [0.4, 0.5) is 5.82 Å². The largest absolute Gasteiger partial charge is 0.370 e. The second-order valence-electron chi connectivity index (χ2n) is 4.92. The van der Waals surface area contributed by atoms with E-state index in [1.807, 2.05) is 30.3 Å². The molecule has 1 aromatic heterocycles. The molecule has 1 aliphatic rings. The topological polar surface area (TPSA) is 37.8 Å². The van der Waals surface area contributed by atoms with Crippen LogP contribution in [0.15, 0.2) is 36.4 Å². The summed E-state index contributed by atoms with van der Waals surface area (Å²) in [4.78, 5) is 8.79. The summed E-state index contributed by atoms with van der Waals surface area (Å²) in [5.41, 5.74) is 0.982. The van der Waals surface area contributed by atoms with Gasteiger partial charge >= 0.3 is 0 Å². The van der Waals surface area contributed by atoms with E-state index in [1.54, 1.807) is 6.07 Å². The molecular formula is C15H16ClN3. The summed E-state index contributed by atoms with van der Waals surface area (Å²) >= 11 is 6.06. The van der Waals surface area contributed by atoms with Crippen molar-refractivity contribution in [3.63, 3.8) is 0 Å². The van der Waals surface area contributed by atoms with Gasteiger partial charge in [-0.3, -0.25) is 0 Å². The summed E-state index contributed by atoms with van der Waals surface area (Å²) < 4.78 is 0. The highest BCUT2D eigenvalue weighted by Gasteiger charge is 2.20. The summed E-state index contributed by atoms with van der Waals surface area (Å²) in [7, 11) is 0. The molecule has 1 aliphatic carbocycles. The maximum Gasteiger partial charge on any atom is 0.163 e. The number of rotatable bonds is 5. The van der Waals surface area contributed by atoms with Crippen molar-refractivity contribution in [1.29, 1.82) is 0 Å². The Balaban J connectivity index is 1.75. The molecule has 0 spiro atoms. The number of aromatic nitrogens is 2. The minimum Gasteiger partial charge on any atom is -0.370 e. The standard InChI is InChI=1S/C15H16ClN3/c16-13-10-14(17-9-8-11-6-7-11)19-15(18-13)12-4-2-1-3-5-12/h1-5,10-11H,6-9H2,(H,17,18,19). The Morgan fingerprint density at radius 1 is 1.16 bits per heavy atom. The van der Waals surface area contributed by atoms with Crippen molar-refractivity contribution in [2.24, 2.45) is 5.92 Å². The van der Waals surface area contributed by atoms with Gasteiger partial charge in [-0.15, -0.1) is 0 Å². The number of halogens is 1. The fourth-order valence-corrected chi connectivity index (χ4v) is 2.22. The molecule has 0 aliphatic heterocycles. The Kier molecular flexibility index (Phi) is 3.65. The van der Waals surface area contributed by atoms with E-state index in [1.165, 1.54) is 19.3 Å². The monoisotopic (exact) mass is 273 g/mol. The van der Waals surface area contributed by atoms with Crippen molar-refractivity contribution in [2.75, 3.05) is 11.9 Å². The van der Waals surface area contributed by atoms with Crippen LogP contribution in [-0.2, 0) is 0 Å². The molecule has 0 radical (unpaired) electrons. The normalized spacial score (nSPS) is 14.4. The van der Waals surface area contributed by atoms with Gasteiger partial charge in [0.1, 0.15) is 11.0 Å². The van der Waals surface area contributed by atoms with E-state index in [0.717, 1.165) is 23.8 Å². The zero-order valence-corrected chi connectivity index (χ0v) is 11.4. The van der Waals surface area contributed by atoms with Crippen LogP contribution < -0.4 is 5.32 Å². The molecule has 3 rings (SSSR count). The van der Waals surface area contributed by atoms with Crippen molar-refractivity contribution in [3.8, 4) is 11.4 Å². The van der Waals surface area contributed by atoms with Gasteiger partial charge < -0.3 is 5.32 Å². The third-order valence-electron chi connectivity index (χ3n) is 3.28. The third-order valence-corrected chi connectivity index (χ3v) is 3.48.